The fourth-order valence-electron chi connectivity index (χ4n) is 1.94. The molecule has 1 aromatic heterocycles. The van der Waals surface area contributed by atoms with E-state index >= 15 is 0 Å². The van der Waals surface area contributed by atoms with Crippen molar-refractivity contribution in [3.8, 4) is 0 Å². The van der Waals surface area contributed by atoms with E-state index in [0.29, 0.717) is 6.07 Å². The van der Waals surface area contributed by atoms with Crippen LogP contribution in [0, 0.1) is 17.6 Å². The van der Waals surface area contributed by atoms with Gasteiger partial charge in [-0.3, -0.25) is 4.79 Å². The number of carboxylic acid groups (broad SMARTS) is 1. The van der Waals surface area contributed by atoms with Crippen molar-refractivity contribution in [2.45, 2.75) is 19.0 Å². The first-order chi connectivity index (χ1) is 11.1. The van der Waals surface area contributed by atoms with Crippen molar-refractivity contribution >= 4 is 5.97 Å². The Morgan fingerprint density at radius 3 is 2.86 bits per heavy atom. The lowest BCUT2D eigenvalue weighted by molar-refractivity contribution is -0.153. The van der Waals surface area contributed by atoms with Gasteiger partial charge in [0.1, 0.15) is 29.9 Å². The highest BCUT2D eigenvalue weighted by Crippen LogP contribution is 2.33. The number of benzene rings is 1. The topological polar surface area (TPSA) is 88.2 Å². The minimum Gasteiger partial charge on any atom is -0.481 e. The van der Waals surface area contributed by atoms with Crippen molar-refractivity contribution in [2.75, 3.05) is 0 Å². The molecule has 2 N–H and O–H groups in total. The number of halogens is 2. The van der Waals surface area contributed by atoms with Gasteiger partial charge in [0.15, 0.2) is 0 Å². The summed E-state index contributed by atoms with van der Waals surface area (Å²) in [5, 5.41) is 23.9. The maximum atomic E-state index is 14.2. The maximum absolute atomic E-state index is 14.2. The predicted octanol–water partition coefficient (Wildman–Crippen LogP) is 1.16. The summed E-state index contributed by atoms with van der Waals surface area (Å²) in [6.45, 7) is -3.87. The molecule has 8 heteroatoms. The third-order valence-corrected chi connectivity index (χ3v) is 2.99. The summed E-state index contributed by atoms with van der Waals surface area (Å²) in [5.74, 6) is -6.47. The quantitative estimate of drug-likeness (QED) is 0.865. The van der Waals surface area contributed by atoms with E-state index in [1.165, 1.54) is 0 Å². The van der Waals surface area contributed by atoms with Gasteiger partial charge in [0.05, 0.1) is 12.5 Å². The summed E-state index contributed by atoms with van der Waals surface area (Å²) in [4.78, 5) is 15.1. The Bertz CT molecular complexity index is 740. The van der Waals surface area contributed by atoms with Crippen LogP contribution in [0.4, 0.5) is 8.78 Å². The summed E-state index contributed by atoms with van der Waals surface area (Å²) in [5.41, 5.74) is -3.38. The minimum absolute atomic E-state index is 0.431. The van der Waals surface area contributed by atoms with Gasteiger partial charge in [0, 0.05) is 15.7 Å². The third-order valence-electron chi connectivity index (χ3n) is 2.99. The zero-order chi connectivity index (χ0) is 18.1. The summed E-state index contributed by atoms with van der Waals surface area (Å²) in [6, 6.07) is 2.03. The second-order valence-corrected chi connectivity index (χ2v) is 4.41. The molecule has 0 aliphatic heterocycles. The SMILES string of the molecule is [2H]C([2H])([2H])[C@@H](C(=O)O)[C@](O)(Cn1cncn1)c1ccc(F)cc1F. The fourth-order valence-corrected chi connectivity index (χ4v) is 1.94. The number of aromatic nitrogens is 3. The molecule has 1 heterocycles. The van der Waals surface area contributed by atoms with Gasteiger partial charge in [0.2, 0.25) is 0 Å². The third kappa shape index (κ3) is 2.89. The number of rotatable bonds is 5. The van der Waals surface area contributed by atoms with Crippen molar-refractivity contribution in [1.82, 2.24) is 14.8 Å². The van der Waals surface area contributed by atoms with E-state index in [2.05, 4.69) is 10.1 Å². The van der Waals surface area contributed by atoms with Gasteiger partial charge in [0.25, 0.3) is 0 Å². The van der Waals surface area contributed by atoms with Crippen LogP contribution in [0.3, 0.4) is 0 Å². The van der Waals surface area contributed by atoms with E-state index in [4.69, 9.17) is 4.11 Å². The molecule has 0 fully saturated rings. The largest absolute Gasteiger partial charge is 0.481 e. The number of carboxylic acids is 1. The highest BCUT2D eigenvalue weighted by molar-refractivity contribution is 5.71. The molecule has 0 saturated carbocycles. The lowest BCUT2D eigenvalue weighted by atomic mass is 9.81. The molecule has 0 radical (unpaired) electrons. The van der Waals surface area contributed by atoms with E-state index in [1.54, 1.807) is 0 Å². The lowest BCUT2D eigenvalue weighted by Crippen LogP contribution is -2.42. The van der Waals surface area contributed by atoms with Gasteiger partial charge >= 0.3 is 5.97 Å². The predicted molar refractivity (Wildman–Crippen MR) is 67.1 cm³/mol. The van der Waals surface area contributed by atoms with Crippen LogP contribution in [0.15, 0.2) is 30.9 Å². The number of nitrogens with zero attached hydrogens (tertiary/aromatic N) is 3. The van der Waals surface area contributed by atoms with E-state index in [1.807, 2.05) is 0 Å². The zero-order valence-corrected chi connectivity index (χ0v) is 10.6. The van der Waals surface area contributed by atoms with Crippen molar-refractivity contribution in [3.63, 3.8) is 0 Å². The Morgan fingerprint density at radius 2 is 2.33 bits per heavy atom. The molecule has 6 nitrogen and oxygen atoms in total. The van der Waals surface area contributed by atoms with Crippen LogP contribution in [0.2, 0.25) is 0 Å². The molecule has 0 aliphatic carbocycles. The molecular formula is C13H13F2N3O3. The van der Waals surface area contributed by atoms with Gasteiger partial charge in [-0.15, -0.1) is 0 Å². The van der Waals surface area contributed by atoms with Crippen LogP contribution >= 0.6 is 0 Å². The Hall–Kier alpha value is -2.35. The first-order valence-electron chi connectivity index (χ1n) is 7.29. The molecule has 112 valence electrons. The molecule has 0 amide bonds. The van der Waals surface area contributed by atoms with Gasteiger partial charge in [-0.1, -0.05) is 6.07 Å². The molecule has 2 aromatic rings. The summed E-state index contributed by atoms with van der Waals surface area (Å²) < 4.78 is 50.5. The van der Waals surface area contributed by atoms with E-state index < -0.39 is 48.1 Å². The van der Waals surface area contributed by atoms with Crippen LogP contribution in [-0.4, -0.2) is 30.9 Å². The molecule has 21 heavy (non-hydrogen) atoms. The highest BCUT2D eigenvalue weighted by Gasteiger charge is 2.42. The average Bonchev–Trinajstić information content (AvgIpc) is 2.88. The van der Waals surface area contributed by atoms with Crippen molar-refractivity contribution in [3.05, 3.63) is 48.1 Å². The fraction of sp³-hybridized carbons (Fsp3) is 0.308. The second-order valence-electron chi connectivity index (χ2n) is 4.41. The number of aliphatic hydroxyl groups is 1. The molecule has 0 saturated heterocycles. The molecule has 0 unspecified atom stereocenters. The minimum atomic E-state index is -3.16. The monoisotopic (exact) mass is 300 g/mol. The number of hydrogen-bond donors (Lipinski definition) is 2. The van der Waals surface area contributed by atoms with Crippen LogP contribution < -0.4 is 0 Å². The van der Waals surface area contributed by atoms with E-state index in [0.717, 1.165) is 29.5 Å². The lowest BCUT2D eigenvalue weighted by Gasteiger charge is -2.32. The first-order valence-corrected chi connectivity index (χ1v) is 5.79. The van der Waals surface area contributed by atoms with Crippen LogP contribution in [0.5, 0.6) is 0 Å². The van der Waals surface area contributed by atoms with Crippen molar-refractivity contribution < 1.29 is 27.9 Å². The number of aliphatic carboxylic acids is 1. The number of hydrogen-bond acceptors (Lipinski definition) is 4. The Kier molecular flexibility index (Phi) is 3.00. The van der Waals surface area contributed by atoms with Crippen LogP contribution in [0.1, 0.15) is 16.5 Å². The Labute approximate surface area is 122 Å². The Balaban J connectivity index is 2.66. The standard InChI is InChI=1S/C13H13F2N3O3/c1-8(12(19)20)13(21,5-18-7-16-6-17-18)10-3-2-9(14)4-11(10)15/h2-4,6-8,21H,5H2,1H3,(H,19,20)/t8-,13+/m0/s1/i1D3. The molecule has 2 atom stereocenters. The molecule has 0 aliphatic rings. The van der Waals surface area contributed by atoms with Gasteiger partial charge in [-0.2, -0.15) is 5.10 Å². The smallest absolute Gasteiger partial charge is 0.309 e. The zero-order valence-electron chi connectivity index (χ0n) is 13.6. The number of carbonyl (C=O) groups is 1. The van der Waals surface area contributed by atoms with Gasteiger partial charge in [-0.05, 0) is 12.9 Å². The van der Waals surface area contributed by atoms with Crippen molar-refractivity contribution in [2.24, 2.45) is 5.92 Å². The van der Waals surface area contributed by atoms with E-state index in [-0.39, 0.29) is 0 Å². The normalized spacial score (nSPS) is 18.1. The molecular weight excluding hydrogens is 284 g/mol. The van der Waals surface area contributed by atoms with Crippen molar-refractivity contribution in [1.29, 1.82) is 0 Å². The molecule has 0 bridgehead atoms. The second kappa shape index (κ2) is 5.57. The highest BCUT2D eigenvalue weighted by atomic mass is 19.1. The summed E-state index contributed by atoms with van der Waals surface area (Å²) >= 11 is 0. The molecule has 0 spiro atoms. The maximum Gasteiger partial charge on any atom is 0.309 e. The Morgan fingerprint density at radius 1 is 1.57 bits per heavy atom. The summed E-state index contributed by atoms with van der Waals surface area (Å²) in [6.07, 6.45) is 2.18. The summed E-state index contributed by atoms with van der Waals surface area (Å²) in [7, 11) is 0. The van der Waals surface area contributed by atoms with Crippen LogP contribution in [-0.2, 0) is 16.9 Å². The van der Waals surface area contributed by atoms with E-state index in [9.17, 15) is 23.8 Å². The molecule has 2 rings (SSSR count). The van der Waals surface area contributed by atoms with Gasteiger partial charge < -0.3 is 10.2 Å². The first kappa shape index (κ1) is 11.3. The van der Waals surface area contributed by atoms with Gasteiger partial charge in [-0.25, -0.2) is 18.4 Å². The molecule has 1 aromatic carbocycles. The van der Waals surface area contributed by atoms with Crippen LogP contribution in [0.25, 0.3) is 0 Å². The average molecular weight is 300 g/mol.